The highest BCUT2D eigenvalue weighted by atomic mass is 16.5. The van der Waals surface area contributed by atoms with Crippen molar-refractivity contribution in [3.05, 3.63) is 22.9 Å². The molecule has 1 heterocycles. The van der Waals surface area contributed by atoms with Crippen LogP contribution in [0.15, 0.2) is 6.07 Å². The molecule has 2 N–H and O–H groups in total. The number of rotatable bonds is 5. The van der Waals surface area contributed by atoms with E-state index in [1.54, 1.807) is 7.11 Å². The van der Waals surface area contributed by atoms with Gasteiger partial charge in [-0.15, -0.1) is 0 Å². The summed E-state index contributed by atoms with van der Waals surface area (Å²) >= 11 is 0. The van der Waals surface area contributed by atoms with Crippen molar-refractivity contribution in [1.29, 1.82) is 5.26 Å². The summed E-state index contributed by atoms with van der Waals surface area (Å²) in [5.74, 6) is 0.555. The van der Waals surface area contributed by atoms with Crippen molar-refractivity contribution in [3.63, 3.8) is 0 Å². The van der Waals surface area contributed by atoms with E-state index >= 15 is 0 Å². The van der Waals surface area contributed by atoms with E-state index in [2.05, 4.69) is 16.4 Å². The fraction of sp³-hybridized carbons (Fsp3) is 0.571. The normalized spacial score (nSPS) is 15.4. The quantitative estimate of drug-likeness (QED) is 0.834. The third-order valence-corrected chi connectivity index (χ3v) is 3.35. The Morgan fingerprint density at radius 3 is 3.00 bits per heavy atom. The Kier molecular flexibility index (Phi) is 4.72. The second-order valence-electron chi connectivity index (χ2n) is 4.79. The van der Waals surface area contributed by atoms with E-state index in [9.17, 15) is 10.4 Å². The molecule has 1 unspecified atom stereocenters. The molecule has 19 heavy (non-hydrogen) atoms. The zero-order chi connectivity index (χ0) is 13.7. The van der Waals surface area contributed by atoms with E-state index in [-0.39, 0.29) is 12.6 Å². The molecule has 0 bridgehead atoms. The molecule has 102 valence electrons. The molecule has 0 fully saturated rings. The van der Waals surface area contributed by atoms with E-state index in [0.29, 0.717) is 18.0 Å². The van der Waals surface area contributed by atoms with Crippen molar-refractivity contribution < 1.29 is 9.84 Å². The maximum Gasteiger partial charge on any atom is 0.144 e. The van der Waals surface area contributed by atoms with Crippen LogP contribution in [0.2, 0.25) is 0 Å². The minimum atomic E-state index is -0.244. The highest BCUT2D eigenvalue weighted by molar-refractivity contribution is 5.55. The van der Waals surface area contributed by atoms with Crippen LogP contribution in [-0.2, 0) is 17.6 Å². The average Bonchev–Trinajstić information content (AvgIpc) is 2.46. The summed E-state index contributed by atoms with van der Waals surface area (Å²) in [6, 6.07) is 3.85. The monoisotopic (exact) mass is 261 g/mol. The van der Waals surface area contributed by atoms with Crippen LogP contribution in [0, 0.1) is 11.3 Å². The Labute approximate surface area is 113 Å². The van der Waals surface area contributed by atoms with Gasteiger partial charge in [0.25, 0.3) is 0 Å². The number of pyridine rings is 1. The summed E-state index contributed by atoms with van der Waals surface area (Å²) in [4.78, 5) is 4.55. The van der Waals surface area contributed by atoms with Crippen LogP contribution in [-0.4, -0.2) is 36.5 Å². The van der Waals surface area contributed by atoms with Gasteiger partial charge in [0.15, 0.2) is 0 Å². The number of nitriles is 1. The van der Waals surface area contributed by atoms with Gasteiger partial charge in [-0.2, -0.15) is 5.26 Å². The minimum Gasteiger partial charge on any atom is -0.394 e. The minimum absolute atomic E-state index is 0.0581. The Bertz CT molecular complexity index is 482. The van der Waals surface area contributed by atoms with Crippen molar-refractivity contribution in [2.45, 2.75) is 31.7 Å². The fourth-order valence-corrected chi connectivity index (χ4v) is 2.36. The number of aliphatic hydroxyl groups excluding tert-OH is 1. The molecule has 1 aliphatic carbocycles. The summed E-state index contributed by atoms with van der Waals surface area (Å²) in [6.07, 6.45) is 4.27. The van der Waals surface area contributed by atoms with Crippen molar-refractivity contribution in [2.75, 3.05) is 25.6 Å². The number of nitrogens with one attached hydrogen (secondary N) is 1. The molecule has 5 heteroatoms. The first-order valence-electron chi connectivity index (χ1n) is 6.57. The van der Waals surface area contributed by atoms with Crippen molar-refractivity contribution in [1.82, 2.24) is 4.98 Å². The molecule has 0 amide bonds. The summed E-state index contributed by atoms with van der Waals surface area (Å²) in [7, 11) is 1.58. The summed E-state index contributed by atoms with van der Waals surface area (Å²) in [5, 5.41) is 21.6. The molecule has 0 saturated carbocycles. The predicted octanol–water partition coefficient (Wildman–Crippen LogP) is 1.25. The lowest BCUT2D eigenvalue weighted by atomic mass is 9.95. The van der Waals surface area contributed by atoms with Crippen LogP contribution in [0.1, 0.15) is 29.7 Å². The SMILES string of the molecule is COCC(CO)Nc1nc2c(cc1C#N)CCCC2. The van der Waals surface area contributed by atoms with Crippen LogP contribution in [0.3, 0.4) is 0 Å². The molecule has 1 aromatic rings. The van der Waals surface area contributed by atoms with Crippen LogP contribution in [0.5, 0.6) is 0 Å². The Hall–Kier alpha value is -1.64. The van der Waals surface area contributed by atoms with E-state index in [0.717, 1.165) is 31.4 Å². The third-order valence-electron chi connectivity index (χ3n) is 3.35. The lowest BCUT2D eigenvalue weighted by Gasteiger charge is -2.20. The summed E-state index contributed by atoms with van der Waals surface area (Å²) in [6.45, 7) is 0.317. The van der Waals surface area contributed by atoms with Gasteiger partial charge in [-0.1, -0.05) is 0 Å². The first-order valence-corrected chi connectivity index (χ1v) is 6.57. The summed E-state index contributed by atoms with van der Waals surface area (Å²) < 4.78 is 5.02. The molecule has 1 atom stereocenters. The van der Waals surface area contributed by atoms with Gasteiger partial charge in [0, 0.05) is 12.8 Å². The second kappa shape index (κ2) is 6.50. The van der Waals surface area contributed by atoms with E-state index in [1.807, 2.05) is 6.07 Å². The van der Waals surface area contributed by atoms with Gasteiger partial charge in [-0.25, -0.2) is 4.98 Å². The molecule has 0 spiro atoms. The lowest BCUT2D eigenvalue weighted by molar-refractivity contribution is 0.153. The molecular weight excluding hydrogens is 242 g/mol. The molecule has 0 radical (unpaired) electrons. The van der Waals surface area contributed by atoms with Gasteiger partial charge >= 0.3 is 0 Å². The number of aryl methyl sites for hydroxylation is 2. The number of hydrogen-bond donors (Lipinski definition) is 2. The molecule has 1 aromatic heterocycles. The number of nitrogens with zero attached hydrogens (tertiary/aromatic N) is 2. The highest BCUT2D eigenvalue weighted by Crippen LogP contribution is 2.24. The van der Waals surface area contributed by atoms with Gasteiger partial charge in [0.05, 0.1) is 24.8 Å². The molecular formula is C14H19N3O2. The second-order valence-corrected chi connectivity index (χ2v) is 4.79. The maximum atomic E-state index is 9.27. The number of ether oxygens (including phenoxy) is 1. The molecule has 0 aromatic carbocycles. The largest absolute Gasteiger partial charge is 0.394 e. The third kappa shape index (κ3) is 3.22. The first kappa shape index (κ1) is 13.8. The van der Waals surface area contributed by atoms with E-state index < -0.39 is 0 Å². The summed E-state index contributed by atoms with van der Waals surface area (Å²) in [5.41, 5.74) is 2.79. The van der Waals surface area contributed by atoms with Gasteiger partial charge in [0.2, 0.25) is 0 Å². The molecule has 5 nitrogen and oxygen atoms in total. The number of fused-ring (bicyclic) bond motifs is 1. The van der Waals surface area contributed by atoms with Crippen LogP contribution < -0.4 is 5.32 Å². The highest BCUT2D eigenvalue weighted by Gasteiger charge is 2.17. The topological polar surface area (TPSA) is 78.2 Å². The first-order chi connectivity index (χ1) is 9.28. The molecule has 2 rings (SSSR count). The average molecular weight is 261 g/mol. The Morgan fingerprint density at radius 2 is 2.32 bits per heavy atom. The van der Waals surface area contributed by atoms with Crippen LogP contribution in [0.25, 0.3) is 0 Å². The maximum absolute atomic E-state index is 9.27. The van der Waals surface area contributed by atoms with E-state index in [1.165, 1.54) is 5.56 Å². The van der Waals surface area contributed by atoms with Gasteiger partial charge in [-0.3, -0.25) is 0 Å². The zero-order valence-electron chi connectivity index (χ0n) is 11.1. The number of hydrogen-bond acceptors (Lipinski definition) is 5. The molecule has 1 aliphatic rings. The van der Waals surface area contributed by atoms with Crippen molar-refractivity contribution >= 4 is 5.82 Å². The van der Waals surface area contributed by atoms with Crippen molar-refractivity contribution in [2.24, 2.45) is 0 Å². The molecule has 0 saturated heterocycles. The number of aliphatic hydroxyl groups is 1. The smallest absolute Gasteiger partial charge is 0.144 e. The number of anilines is 1. The van der Waals surface area contributed by atoms with Gasteiger partial charge < -0.3 is 15.2 Å². The van der Waals surface area contributed by atoms with Crippen LogP contribution in [0.4, 0.5) is 5.82 Å². The van der Waals surface area contributed by atoms with Crippen molar-refractivity contribution in [3.8, 4) is 6.07 Å². The predicted molar refractivity (Wildman–Crippen MR) is 72.0 cm³/mol. The zero-order valence-corrected chi connectivity index (χ0v) is 11.1. The van der Waals surface area contributed by atoms with Gasteiger partial charge in [0.1, 0.15) is 11.9 Å². The molecule has 0 aliphatic heterocycles. The number of aromatic nitrogens is 1. The lowest BCUT2D eigenvalue weighted by Crippen LogP contribution is -2.30. The van der Waals surface area contributed by atoms with Gasteiger partial charge in [-0.05, 0) is 37.3 Å². The Balaban J connectivity index is 2.26. The van der Waals surface area contributed by atoms with E-state index in [4.69, 9.17) is 4.74 Å². The standard InChI is InChI=1S/C14H19N3O2/c1-19-9-12(8-18)16-14-11(7-15)6-10-4-2-3-5-13(10)17-14/h6,12,18H,2-5,8-9H2,1H3,(H,16,17). The Morgan fingerprint density at radius 1 is 1.53 bits per heavy atom. The number of methoxy groups -OCH3 is 1. The fourth-order valence-electron chi connectivity index (χ4n) is 2.36. The van der Waals surface area contributed by atoms with Crippen LogP contribution >= 0.6 is 0 Å².